The average Bonchev–Trinajstić information content (AvgIpc) is 2.77. The third-order valence-electron chi connectivity index (χ3n) is 4.69. The Labute approximate surface area is 169 Å². The van der Waals surface area contributed by atoms with Gasteiger partial charge in [0.25, 0.3) is 5.56 Å². The molecule has 0 bridgehead atoms. The van der Waals surface area contributed by atoms with Crippen molar-refractivity contribution in [2.75, 3.05) is 0 Å². The van der Waals surface area contributed by atoms with Crippen molar-refractivity contribution in [1.29, 1.82) is 0 Å². The summed E-state index contributed by atoms with van der Waals surface area (Å²) in [4.78, 5) is 21.8. The number of nitrogens with zero attached hydrogens (tertiary/aromatic N) is 4. The Morgan fingerprint density at radius 1 is 0.897 bits per heavy atom. The number of para-hydroxylation sites is 1. The monoisotopic (exact) mass is 380 g/mol. The number of aromatic nitrogens is 4. The smallest absolute Gasteiger partial charge is 0.265 e. The van der Waals surface area contributed by atoms with Crippen molar-refractivity contribution in [3.8, 4) is 35.1 Å². The second kappa shape index (κ2) is 8.49. The lowest BCUT2D eigenvalue weighted by molar-refractivity contribution is 0.547. The number of hydrogen-bond acceptors (Lipinski definition) is 4. The second-order valence-corrected chi connectivity index (χ2v) is 6.73. The zero-order chi connectivity index (χ0) is 20.1. The first kappa shape index (κ1) is 18.6. The molecule has 0 fully saturated rings. The molecule has 2 aromatic heterocycles. The van der Waals surface area contributed by atoms with E-state index in [0.717, 1.165) is 29.3 Å². The van der Waals surface area contributed by atoms with E-state index >= 15 is 0 Å². The van der Waals surface area contributed by atoms with Gasteiger partial charge in [0.1, 0.15) is 5.69 Å². The topological polar surface area (TPSA) is 60.7 Å². The lowest BCUT2D eigenvalue weighted by atomic mass is 10.1. The molecule has 0 spiro atoms. The van der Waals surface area contributed by atoms with Crippen LogP contribution >= 0.6 is 0 Å². The molecule has 0 unspecified atom stereocenters. The Morgan fingerprint density at radius 2 is 1.69 bits per heavy atom. The van der Waals surface area contributed by atoms with Crippen LogP contribution in [0.2, 0.25) is 0 Å². The summed E-state index contributed by atoms with van der Waals surface area (Å²) in [6.07, 6.45) is 7.80. The highest BCUT2D eigenvalue weighted by Gasteiger charge is 2.15. The van der Waals surface area contributed by atoms with E-state index in [1.165, 1.54) is 0 Å². The van der Waals surface area contributed by atoms with Crippen LogP contribution in [0.1, 0.15) is 19.3 Å². The number of aryl methyl sites for hydroxylation is 1. The lowest BCUT2D eigenvalue weighted by Gasteiger charge is -2.13. The Kier molecular flexibility index (Phi) is 5.44. The normalized spacial score (nSPS) is 10.7. The van der Waals surface area contributed by atoms with Gasteiger partial charge in [0, 0.05) is 23.9 Å². The number of fused-ring (bicyclic) bond motifs is 1. The van der Waals surface area contributed by atoms with Crippen LogP contribution in [-0.4, -0.2) is 19.7 Å². The molecule has 0 N–H and O–H groups in total. The van der Waals surface area contributed by atoms with E-state index in [-0.39, 0.29) is 5.56 Å². The fraction of sp³-hybridized carbons (Fsp3) is 0.167. The van der Waals surface area contributed by atoms with Gasteiger partial charge in [-0.2, -0.15) is 10.1 Å². The van der Waals surface area contributed by atoms with Gasteiger partial charge in [-0.05, 0) is 25.0 Å². The molecule has 0 amide bonds. The van der Waals surface area contributed by atoms with Crippen molar-refractivity contribution < 1.29 is 0 Å². The largest absolute Gasteiger partial charge is 0.300 e. The van der Waals surface area contributed by atoms with E-state index in [2.05, 4.69) is 16.0 Å². The molecular weight excluding hydrogens is 360 g/mol. The van der Waals surface area contributed by atoms with Gasteiger partial charge in [0.05, 0.1) is 5.52 Å². The van der Waals surface area contributed by atoms with Gasteiger partial charge in [-0.1, -0.05) is 54.6 Å². The van der Waals surface area contributed by atoms with Gasteiger partial charge in [-0.15, -0.1) is 12.3 Å². The van der Waals surface area contributed by atoms with Gasteiger partial charge in [0.15, 0.2) is 11.5 Å². The maximum atomic E-state index is 12.8. The van der Waals surface area contributed by atoms with Crippen LogP contribution in [0, 0.1) is 12.3 Å². The SMILES string of the molecule is C#CCCCCn1nc(-c2ccccc2)c(=O)nc1-c1ccc2ccccc2n1. The molecule has 0 saturated heterocycles. The third kappa shape index (κ3) is 4.07. The maximum Gasteiger partial charge on any atom is 0.300 e. The Hall–Kier alpha value is -3.78. The fourth-order valence-electron chi connectivity index (χ4n) is 3.22. The van der Waals surface area contributed by atoms with Gasteiger partial charge in [-0.3, -0.25) is 4.79 Å². The molecule has 0 radical (unpaired) electrons. The number of rotatable bonds is 6. The second-order valence-electron chi connectivity index (χ2n) is 6.73. The first-order valence-corrected chi connectivity index (χ1v) is 9.60. The summed E-state index contributed by atoms with van der Waals surface area (Å²) in [5, 5.41) is 5.68. The summed E-state index contributed by atoms with van der Waals surface area (Å²) in [5.74, 6) is 3.13. The van der Waals surface area contributed by atoms with Gasteiger partial charge in [0.2, 0.25) is 0 Å². The molecule has 0 aliphatic carbocycles. The van der Waals surface area contributed by atoms with Crippen LogP contribution in [0.5, 0.6) is 0 Å². The molecule has 29 heavy (non-hydrogen) atoms. The molecule has 0 saturated carbocycles. The first-order chi connectivity index (χ1) is 14.3. The van der Waals surface area contributed by atoms with Crippen LogP contribution in [-0.2, 0) is 6.54 Å². The highest BCUT2D eigenvalue weighted by molar-refractivity contribution is 5.80. The van der Waals surface area contributed by atoms with E-state index in [1.54, 1.807) is 4.68 Å². The molecule has 5 nitrogen and oxygen atoms in total. The summed E-state index contributed by atoms with van der Waals surface area (Å²) in [5.41, 5.74) is 2.21. The zero-order valence-corrected chi connectivity index (χ0v) is 16.0. The van der Waals surface area contributed by atoms with Crippen molar-refractivity contribution in [3.05, 3.63) is 77.1 Å². The molecule has 4 aromatic rings. The van der Waals surface area contributed by atoms with Crippen molar-refractivity contribution >= 4 is 10.9 Å². The summed E-state index contributed by atoms with van der Waals surface area (Å²) < 4.78 is 1.78. The minimum atomic E-state index is -0.360. The number of pyridine rings is 1. The molecule has 2 heterocycles. The fourth-order valence-corrected chi connectivity index (χ4v) is 3.22. The quantitative estimate of drug-likeness (QED) is 0.369. The summed E-state index contributed by atoms with van der Waals surface area (Å²) in [6, 6.07) is 21.1. The number of unbranched alkanes of at least 4 members (excludes halogenated alkanes) is 2. The van der Waals surface area contributed by atoms with Gasteiger partial charge in [-0.25, -0.2) is 9.67 Å². The van der Waals surface area contributed by atoms with Crippen molar-refractivity contribution in [2.45, 2.75) is 25.8 Å². The van der Waals surface area contributed by atoms with E-state index < -0.39 is 0 Å². The predicted molar refractivity (Wildman–Crippen MR) is 115 cm³/mol. The number of hydrogen-bond donors (Lipinski definition) is 0. The summed E-state index contributed by atoms with van der Waals surface area (Å²) in [6.45, 7) is 0.610. The van der Waals surface area contributed by atoms with Gasteiger partial charge < -0.3 is 0 Å². The van der Waals surface area contributed by atoms with Gasteiger partial charge >= 0.3 is 0 Å². The highest BCUT2D eigenvalue weighted by atomic mass is 16.1. The molecule has 0 atom stereocenters. The number of benzene rings is 2. The Bertz CT molecular complexity index is 1240. The molecule has 0 aliphatic heterocycles. The van der Waals surface area contributed by atoms with Crippen molar-refractivity contribution in [3.63, 3.8) is 0 Å². The van der Waals surface area contributed by atoms with Crippen LogP contribution in [0.25, 0.3) is 33.7 Å². The summed E-state index contributed by atoms with van der Waals surface area (Å²) >= 11 is 0. The average molecular weight is 380 g/mol. The molecule has 2 aromatic carbocycles. The molecule has 5 heteroatoms. The molecule has 142 valence electrons. The Morgan fingerprint density at radius 3 is 2.52 bits per heavy atom. The van der Waals surface area contributed by atoms with E-state index in [9.17, 15) is 4.79 Å². The zero-order valence-electron chi connectivity index (χ0n) is 16.0. The predicted octanol–water partition coefficient (Wildman–Crippen LogP) is 4.32. The van der Waals surface area contributed by atoms with E-state index in [0.29, 0.717) is 30.2 Å². The van der Waals surface area contributed by atoms with Crippen LogP contribution < -0.4 is 5.56 Å². The van der Waals surface area contributed by atoms with Crippen LogP contribution in [0.3, 0.4) is 0 Å². The lowest BCUT2D eigenvalue weighted by Crippen LogP contribution is -2.21. The summed E-state index contributed by atoms with van der Waals surface area (Å²) in [7, 11) is 0. The van der Waals surface area contributed by atoms with Crippen molar-refractivity contribution in [2.24, 2.45) is 0 Å². The van der Waals surface area contributed by atoms with Crippen LogP contribution in [0.4, 0.5) is 0 Å². The maximum absolute atomic E-state index is 12.8. The van der Waals surface area contributed by atoms with Crippen LogP contribution in [0.15, 0.2) is 71.5 Å². The van der Waals surface area contributed by atoms with E-state index in [4.69, 9.17) is 11.4 Å². The minimum absolute atomic E-state index is 0.340. The highest BCUT2D eigenvalue weighted by Crippen LogP contribution is 2.20. The number of terminal acetylenes is 1. The van der Waals surface area contributed by atoms with Crippen molar-refractivity contribution in [1.82, 2.24) is 19.7 Å². The molecular formula is C24H20N4O. The standard InChI is InChI=1S/C24H20N4O/c1-2-3-4-10-17-28-23(21-16-15-18-11-8-9-14-20(18)25-21)26-24(29)22(27-28)19-12-6-5-7-13-19/h1,5-9,11-16H,3-4,10,17H2. The molecule has 0 aliphatic rings. The Balaban J connectivity index is 1.81. The molecule has 4 rings (SSSR count). The van der Waals surface area contributed by atoms with E-state index in [1.807, 2.05) is 66.7 Å². The third-order valence-corrected chi connectivity index (χ3v) is 4.69. The minimum Gasteiger partial charge on any atom is -0.265 e. The first-order valence-electron chi connectivity index (χ1n) is 9.60.